The Bertz CT molecular complexity index is 496. The molecule has 0 aliphatic carbocycles. The molecule has 0 aliphatic rings. The first-order valence-corrected chi connectivity index (χ1v) is 6.60. The molecule has 0 radical (unpaired) electrons. The molecule has 0 bridgehead atoms. The summed E-state index contributed by atoms with van der Waals surface area (Å²) in [7, 11) is 0. The summed E-state index contributed by atoms with van der Waals surface area (Å²) in [5.74, 6) is -0.482. The van der Waals surface area contributed by atoms with Crippen molar-refractivity contribution in [3.8, 4) is 0 Å². The first-order valence-electron chi connectivity index (χ1n) is 6.60. The minimum Gasteiger partial charge on any atom is -0.350 e. The summed E-state index contributed by atoms with van der Waals surface area (Å²) in [6, 6.07) is 7.83. The standard InChI is InChI=1S/C16H22N2O2/c1-12-5-7-13(8-6-12)9-10-14(19)17-11-15(20)18-16(2,3)4/h5-10H,11H2,1-4H3,(H,17,19)(H,18,20)/b10-9+. The van der Waals surface area contributed by atoms with Crippen LogP contribution in [0.3, 0.4) is 0 Å². The van der Waals surface area contributed by atoms with Gasteiger partial charge in [0.05, 0.1) is 6.54 Å². The Morgan fingerprint density at radius 3 is 2.30 bits per heavy atom. The van der Waals surface area contributed by atoms with E-state index in [1.807, 2.05) is 52.0 Å². The van der Waals surface area contributed by atoms with Gasteiger partial charge < -0.3 is 10.6 Å². The Labute approximate surface area is 120 Å². The van der Waals surface area contributed by atoms with Crippen molar-refractivity contribution in [2.24, 2.45) is 0 Å². The predicted molar refractivity (Wildman–Crippen MR) is 81.1 cm³/mol. The molecule has 0 saturated carbocycles. The number of carbonyl (C=O) groups excluding carboxylic acids is 2. The van der Waals surface area contributed by atoms with Gasteiger partial charge in [0.2, 0.25) is 11.8 Å². The topological polar surface area (TPSA) is 58.2 Å². The first kappa shape index (κ1) is 16.0. The molecule has 0 aliphatic heterocycles. The summed E-state index contributed by atoms with van der Waals surface area (Å²) in [5.41, 5.74) is 1.83. The number of hydrogen-bond donors (Lipinski definition) is 2. The van der Waals surface area contributed by atoms with E-state index in [0.717, 1.165) is 5.56 Å². The summed E-state index contributed by atoms with van der Waals surface area (Å²) in [4.78, 5) is 23.1. The predicted octanol–water partition coefficient (Wildman–Crippen LogP) is 2.04. The minimum atomic E-state index is -0.292. The lowest BCUT2D eigenvalue weighted by atomic mass is 10.1. The molecule has 0 heterocycles. The largest absolute Gasteiger partial charge is 0.350 e. The molecular formula is C16H22N2O2. The second-order valence-electron chi connectivity index (χ2n) is 5.76. The van der Waals surface area contributed by atoms with Crippen molar-refractivity contribution in [1.82, 2.24) is 10.6 Å². The zero-order chi connectivity index (χ0) is 15.2. The summed E-state index contributed by atoms with van der Waals surface area (Å²) >= 11 is 0. The molecule has 0 fully saturated rings. The van der Waals surface area contributed by atoms with Crippen LogP contribution in [0.25, 0.3) is 6.08 Å². The molecule has 20 heavy (non-hydrogen) atoms. The van der Waals surface area contributed by atoms with Gasteiger partial charge in [0.15, 0.2) is 0 Å². The average Bonchev–Trinajstić information content (AvgIpc) is 2.33. The van der Waals surface area contributed by atoms with Crippen molar-refractivity contribution in [2.75, 3.05) is 6.54 Å². The van der Waals surface area contributed by atoms with Gasteiger partial charge >= 0.3 is 0 Å². The fourth-order valence-corrected chi connectivity index (χ4v) is 1.54. The molecule has 0 unspecified atom stereocenters. The average molecular weight is 274 g/mol. The van der Waals surface area contributed by atoms with Gasteiger partial charge in [0, 0.05) is 11.6 Å². The van der Waals surface area contributed by atoms with Gasteiger partial charge in [-0.2, -0.15) is 0 Å². The van der Waals surface area contributed by atoms with E-state index < -0.39 is 0 Å². The summed E-state index contributed by atoms with van der Waals surface area (Å²) in [6.45, 7) is 7.67. The van der Waals surface area contributed by atoms with Crippen LogP contribution in [0.2, 0.25) is 0 Å². The molecule has 0 spiro atoms. The van der Waals surface area contributed by atoms with Gasteiger partial charge in [0.1, 0.15) is 0 Å². The normalized spacial score (nSPS) is 11.4. The maximum absolute atomic E-state index is 11.6. The summed E-state index contributed by atoms with van der Waals surface area (Å²) in [5, 5.41) is 5.33. The number of nitrogens with one attached hydrogen (secondary N) is 2. The third kappa shape index (κ3) is 6.73. The third-order valence-corrected chi connectivity index (χ3v) is 2.44. The van der Waals surface area contributed by atoms with Crippen LogP contribution >= 0.6 is 0 Å². The van der Waals surface area contributed by atoms with E-state index in [2.05, 4.69) is 10.6 Å². The summed E-state index contributed by atoms with van der Waals surface area (Å²) < 4.78 is 0. The Hall–Kier alpha value is -2.10. The van der Waals surface area contributed by atoms with Crippen LogP contribution in [0.1, 0.15) is 31.9 Å². The third-order valence-electron chi connectivity index (χ3n) is 2.44. The molecule has 0 saturated heterocycles. The molecule has 0 atom stereocenters. The second kappa shape index (κ2) is 6.89. The van der Waals surface area contributed by atoms with E-state index in [1.54, 1.807) is 6.08 Å². The van der Waals surface area contributed by atoms with Crippen molar-refractivity contribution in [1.29, 1.82) is 0 Å². The Morgan fingerprint density at radius 2 is 1.75 bits per heavy atom. The lowest BCUT2D eigenvalue weighted by Gasteiger charge is -2.20. The van der Waals surface area contributed by atoms with Crippen molar-refractivity contribution < 1.29 is 9.59 Å². The summed E-state index contributed by atoms with van der Waals surface area (Å²) in [6.07, 6.45) is 3.14. The minimum absolute atomic E-state index is 0.0195. The molecule has 1 rings (SSSR count). The van der Waals surface area contributed by atoms with Crippen LogP contribution in [0.15, 0.2) is 30.3 Å². The smallest absolute Gasteiger partial charge is 0.244 e. The monoisotopic (exact) mass is 274 g/mol. The number of carbonyl (C=O) groups is 2. The van der Waals surface area contributed by atoms with Crippen LogP contribution in [-0.2, 0) is 9.59 Å². The number of benzene rings is 1. The van der Waals surface area contributed by atoms with E-state index in [4.69, 9.17) is 0 Å². The Balaban J connectivity index is 2.40. The maximum atomic E-state index is 11.6. The van der Waals surface area contributed by atoms with Crippen LogP contribution in [0.4, 0.5) is 0 Å². The van der Waals surface area contributed by atoms with E-state index in [9.17, 15) is 9.59 Å². The lowest BCUT2D eigenvalue weighted by Crippen LogP contribution is -2.45. The number of rotatable bonds is 4. The zero-order valence-electron chi connectivity index (χ0n) is 12.5. The fraction of sp³-hybridized carbons (Fsp3) is 0.375. The molecule has 4 nitrogen and oxygen atoms in total. The van der Waals surface area contributed by atoms with Gasteiger partial charge in [-0.25, -0.2) is 0 Å². The van der Waals surface area contributed by atoms with Gasteiger partial charge in [-0.3, -0.25) is 9.59 Å². The molecule has 0 aromatic heterocycles. The molecule has 2 amide bonds. The molecule has 108 valence electrons. The molecular weight excluding hydrogens is 252 g/mol. The number of hydrogen-bond acceptors (Lipinski definition) is 2. The van der Waals surface area contributed by atoms with Crippen molar-refractivity contribution in [3.63, 3.8) is 0 Å². The highest BCUT2D eigenvalue weighted by atomic mass is 16.2. The van der Waals surface area contributed by atoms with Crippen LogP contribution < -0.4 is 10.6 Å². The maximum Gasteiger partial charge on any atom is 0.244 e. The molecule has 1 aromatic carbocycles. The SMILES string of the molecule is Cc1ccc(/C=C/C(=O)NCC(=O)NC(C)(C)C)cc1. The van der Waals surface area contributed by atoms with Crippen molar-refractivity contribution in [2.45, 2.75) is 33.2 Å². The molecule has 2 N–H and O–H groups in total. The van der Waals surface area contributed by atoms with Gasteiger partial charge in [-0.1, -0.05) is 29.8 Å². The van der Waals surface area contributed by atoms with E-state index in [1.165, 1.54) is 11.6 Å². The van der Waals surface area contributed by atoms with Gasteiger partial charge in [0.25, 0.3) is 0 Å². The molecule has 4 heteroatoms. The fourth-order valence-electron chi connectivity index (χ4n) is 1.54. The number of aryl methyl sites for hydroxylation is 1. The number of amides is 2. The van der Waals surface area contributed by atoms with Crippen LogP contribution in [0, 0.1) is 6.92 Å². The quantitative estimate of drug-likeness (QED) is 0.825. The zero-order valence-corrected chi connectivity index (χ0v) is 12.5. The highest BCUT2D eigenvalue weighted by Crippen LogP contribution is 2.04. The van der Waals surface area contributed by atoms with Crippen LogP contribution in [0.5, 0.6) is 0 Å². The molecule has 1 aromatic rings. The van der Waals surface area contributed by atoms with E-state index in [-0.39, 0.29) is 23.9 Å². The Kier molecular flexibility index (Phi) is 5.50. The first-order chi connectivity index (χ1) is 9.26. The highest BCUT2D eigenvalue weighted by Gasteiger charge is 2.13. The van der Waals surface area contributed by atoms with E-state index in [0.29, 0.717) is 0 Å². The highest BCUT2D eigenvalue weighted by molar-refractivity contribution is 5.94. The van der Waals surface area contributed by atoms with Crippen LogP contribution in [-0.4, -0.2) is 23.9 Å². The Morgan fingerprint density at radius 1 is 1.15 bits per heavy atom. The van der Waals surface area contributed by atoms with Crippen molar-refractivity contribution >= 4 is 17.9 Å². The van der Waals surface area contributed by atoms with Gasteiger partial charge in [-0.05, 0) is 39.3 Å². The second-order valence-corrected chi connectivity index (χ2v) is 5.76. The van der Waals surface area contributed by atoms with Gasteiger partial charge in [-0.15, -0.1) is 0 Å². The van der Waals surface area contributed by atoms with Crippen molar-refractivity contribution in [3.05, 3.63) is 41.5 Å². The van der Waals surface area contributed by atoms with E-state index >= 15 is 0 Å². The lowest BCUT2D eigenvalue weighted by molar-refractivity contribution is -0.124.